The maximum Gasteiger partial charge on any atom is 0.416 e. The summed E-state index contributed by atoms with van der Waals surface area (Å²) in [4.78, 5) is 0. The summed E-state index contributed by atoms with van der Waals surface area (Å²) in [6.07, 6.45) is -9.54. The number of halogens is 7. The van der Waals surface area contributed by atoms with Crippen LogP contribution in [0.5, 0.6) is 5.75 Å². The minimum absolute atomic E-state index is 0.00963. The van der Waals surface area contributed by atoms with Gasteiger partial charge in [0.15, 0.2) is 0 Å². The van der Waals surface area contributed by atoms with E-state index < -0.39 is 59.0 Å². The zero-order valence-corrected chi connectivity index (χ0v) is 23.9. The Hall–Kier alpha value is -3.16. The highest BCUT2D eigenvalue weighted by molar-refractivity contribution is 7.87. The molecule has 0 amide bonds. The Morgan fingerprint density at radius 2 is 1.57 bits per heavy atom. The molecule has 4 rings (SSSR count). The summed E-state index contributed by atoms with van der Waals surface area (Å²) >= 11 is 0. The van der Waals surface area contributed by atoms with E-state index in [1.165, 1.54) is 20.1 Å². The molecule has 5 nitrogen and oxygen atoms in total. The van der Waals surface area contributed by atoms with E-state index in [0.29, 0.717) is 22.9 Å². The summed E-state index contributed by atoms with van der Waals surface area (Å²) in [5, 5.41) is 0. The van der Waals surface area contributed by atoms with E-state index in [4.69, 9.17) is 4.74 Å². The van der Waals surface area contributed by atoms with Crippen LogP contribution in [0.3, 0.4) is 0 Å². The van der Waals surface area contributed by atoms with Crippen LogP contribution in [0.2, 0.25) is 0 Å². The van der Waals surface area contributed by atoms with Crippen LogP contribution < -0.4 is 9.46 Å². The maximum absolute atomic E-state index is 13.8. The van der Waals surface area contributed by atoms with Crippen LogP contribution in [0.15, 0.2) is 54.6 Å². The first kappa shape index (κ1) is 31.8. The molecule has 0 aliphatic carbocycles. The summed E-state index contributed by atoms with van der Waals surface area (Å²) in [6, 6.07) is 8.51. The number of benzene rings is 3. The van der Waals surface area contributed by atoms with E-state index in [1.807, 2.05) is 19.9 Å². The Balaban J connectivity index is 1.83. The van der Waals surface area contributed by atoms with Crippen molar-refractivity contribution in [3.63, 3.8) is 0 Å². The van der Waals surface area contributed by atoms with E-state index in [0.717, 1.165) is 34.1 Å². The van der Waals surface area contributed by atoms with Crippen LogP contribution in [0, 0.1) is 0 Å². The molecule has 1 heterocycles. The smallest absolute Gasteiger partial charge is 0.416 e. The Morgan fingerprint density at radius 1 is 0.905 bits per heavy atom. The third-order valence-corrected chi connectivity index (χ3v) is 8.95. The number of methoxy groups -OCH3 is 1. The van der Waals surface area contributed by atoms with Crippen molar-refractivity contribution in [1.29, 1.82) is 0 Å². The van der Waals surface area contributed by atoms with Crippen LogP contribution in [0.1, 0.15) is 66.1 Å². The molecule has 228 valence electrons. The van der Waals surface area contributed by atoms with Crippen LogP contribution in [0.25, 0.3) is 11.1 Å². The van der Waals surface area contributed by atoms with Gasteiger partial charge in [0.25, 0.3) is 10.2 Å². The van der Waals surface area contributed by atoms with Crippen molar-refractivity contribution in [3.8, 4) is 16.9 Å². The zero-order chi connectivity index (χ0) is 31.2. The molecule has 0 unspecified atom stereocenters. The third-order valence-electron chi connectivity index (χ3n) is 7.32. The lowest BCUT2D eigenvalue weighted by atomic mass is 9.92. The van der Waals surface area contributed by atoms with Gasteiger partial charge in [0.05, 0.1) is 24.3 Å². The minimum atomic E-state index is -4.81. The summed E-state index contributed by atoms with van der Waals surface area (Å²) in [6.45, 7) is 3.55. The zero-order valence-electron chi connectivity index (χ0n) is 23.1. The van der Waals surface area contributed by atoms with Crippen molar-refractivity contribution in [1.82, 2.24) is 9.03 Å². The van der Waals surface area contributed by atoms with Crippen LogP contribution in [0.4, 0.5) is 30.7 Å². The number of rotatable bonds is 7. The highest BCUT2D eigenvalue weighted by Crippen LogP contribution is 2.41. The monoisotopic (exact) mass is 618 g/mol. The molecule has 0 bridgehead atoms. The average Bonchev–Trinajstić information content (AvgIpc) is 3.14. The van der Waals surface area contributed by atoms with Crippen molar-refractivity contribution in [2.24, 2.45) is 0 Å². The molecule has 3 aromatic carbocycles. The largest absolute Gasteiger partial charge is 0.496 e. The molecule has 0 saturated carbocycles. The second-order valence-electron chi connectivity index (χ2n) is 10.5. The van der Waals surface area contributed by atoms with Gasteiger partial charge in [-0.2, -0.15) is 43.8 Å². The van der Waals surface area contributed by atoms with E-state index in [1.54, 1.807) is 12.1 Å². The van der Waals surface area contributed by atoms with Crippen molar-refractivity contribution in [2.45, 2.75) is 64.3 Å². The van der Waals surface area contributed by atoms with Crippen molar-refractivity contribution in [2.75, 3.05) is 7.11 Å². The van der Waals surface area contributed by atoms with Crippen LogP contribution in [-0.4, -0.2) is 25.9 Å². The fourth-order valence-corrected chi connectivity index (χ4v) is 6.71. The lowest BCUT2D eigenvalue weighted by Crippen LogP contribution is -2.33. The number of ether oxygens (including phenoxy) is 1. The normalized spacial score (nSPS) is 19.4. The first-order valence-electron chi connectivity index (χ1n) is 12.9. The molecule has 0 radical (unpaired) electrons. The highest BCUT2D eigenvalue weighted by Gasteiger charge is 2.44. The number of nitrogens with one attached hydrogen (secondary N) is 1. The SMILES string of the molecule is COc1ccc(C(C)C)cc1-c1ccc(C(F)(F)F)cc1CN1[C@@H](C)[C@@H](c2cc(CF)cc(C(F)(F)F)c2)NS1(=O)=O. The van der Waals surface area contributed by atoms with Gasteiger partial charge < -0.3 is 4.74 Å². The molecule has 3 aromatic rings. The first-order valence-corrected chi connectivity index (χ1v) is 14.3. The van der Waals surface area contributed by atoms with Gasteiger partial charge in [-0.05, 0) is 77.1 Å². The van der Waals surface area contributed by atoms with E-state index in [2.05, 4.69) is 4.72 Å². The van der Waals surface area contributed by atoms with Crippen LogP contribution in [-0.2, 0) is 35.8 Å². The number of nitrogens with zero attached hydrogens (tertiary/aromatic N) is 1. The number of alkyl halides is 7. The number of hydrogen-bond donors (Lipinski definition) is 1. The summed E-state index contributed by atoms with van der Waals surface area (Å²) in [5.74, 6) is 0.426. The van der Waals surface area contributed by atoms with Gasteiger partial charge in [-0.3, -0.25) is 0 Å². The Kier molecular flexibility index (Phi) is 8.69. The second-order valence-corrected chi connectivity index (χ2v) is 12.1. The molecule has 42 heavy (non-hydrogen) atoms. The Labute approximate surface area is 239 Å². The lowest BCUT2D eigenvalue weighted by molar-refractivity contribution is -0.138. The molecule has 1 aliphatic rings. The average molecular weight is 619 g/mol. The molecule has 1 aliphatic heterocycles. The fraction of sp³-hybridized carbons (Fsp3) is 0.379. The Bertz CT molecular complexity index is 1570. The summed E-state index contributed by atoms with van der Waals surface area (Å²) in [7, 11) is -2.99. The molecule has 13 heteroatoms. The van der Waals surface area contributed by atoms with Gasteiger partial charge in [-0.15, -0.1) is 0 Å². The molecule has 0 spiro atoms. The fourth-order valence-electron chi connectivity index (χ4n) is 5.05. The molecule has 1 N–H and O–H groups in total. The van der Waals surface area contributed by atoms with Gasteiger partial charge in [0, 0.05) is 18.2 Å². The molecule has 1 saturated heterocycles. The van der Waals surface area contributed by atoms with E-state index in [9.17, 15) is 39.2 Å². The van der Waals surface area contributed by atoms with Gasteiger partial charge in [0.1, 0.15) is 12.4 Å². The predicted octanol–water partition coefficient (Wildman–Crippen LogP) is 7.77. The molecule has 2 atom stereocenters. The van der Waals surface area contributed by atoms with E-state index in [-0.39, 0.29) is 22.6 Å². The Morgan fingerprint density at radius 3 is 2.14 bits per heavy atom. The van der Waals surface area contributed by atoms with Gasteiger partial charge in [0.2, 0.25) is 0 Å². The topological polar surface area (TPSA) is 58.6 Å². The molecular formula is C29H29F7N2O3S. The van der Waals surface area contributed by atoms with Crippen molar-refractivity contribution >= 4 is 10.2 Å². The van der Waals surface area contributed by atoms with Gasteiger partial charge in [-0.1, -0.05) is 32.0 Å². The second kappa shape index (κ2) is 11.5. The van der Waals surface area contributed by atoms with Crippen molar-refractivity contribution in [3.05, 3.63) is 88.0 Å². The number of hydrogen-bond acceptors (Lipinski definition) is 3. The quantitative estimate of drug-likeness (QED) is 0.275. The lowest BCUT2D eigenvalue weighted by Gasteiger charge is -2.24. The maximum atomic E-state index is 13.8. The standard InChI is InChI=1S/C29H29F7N2O3S/c1-16(2)19-5-8-26(41-4)25(13-19)24-7-6-22(28(31,32)33)12-21(24)15-38-17(3)27(37-42(38,39)40)20-9-18(14-30)10-23(11-20)29(34,35)36/h5-13,16-17,27,37H,14-15H2,1-4H3/t17-,27-/m0/s1. The molecular weight excluding hydrogens is 589 g/mol. The summed E-state index contributed by atoms with van der Waals surface area (Å²) < 4.78 is 130. The molecule has 0 aromatic heterocycles. The predicted molar refractivity (Wildman–Crippen MR) is 144 cm³/mol. The molecule has 1 fully saturated rings. The first-order chi connectivity index (χ1) is 19.5. The van der Waals surface area contributed by atoms with E-state index >= 15 is 0 Å². The van der Waals surface area contributed by atoms with Crippen molar-refractivity contribution < 1.29 is 43.9 Å². The van der Waals surface area contributed by atoms with Gasteiger partial charge in [-0.25, -0.2) is 4.39 Å². The summed E-state index contributed by atoms with van der Waals surface area (Å²) in [5.41, 5.74) is -0.925. The van der Waals surface area contributed by atoms with Crippen LogP contribution >= 0.6 is 0 Å². The third kappa shape index (κ3) is 6.42. The minimum Gasteiger partial charge on any atom is -0.496 e. The van der Waals surface area contributed by atoms with Gasteiger partial charge >= 0.3 is 12.4 Å². The highest BCUT2D eigenvalue weighted by atomic mass is 32.2.